The van der Waals surface area contributed by atoms with Gasteiger partial charge in [0.15, 0.2) is 5.78 Å². The number of fused-ring (bicyclic) bond motifs is 1. The van der Waals surface area contributed by atoms with Crippen LogP contribution in [0.25, 0.3) is 0 Å². The van der Waals surface area contributed by atoms with Crippen LogP contribution in [-0.2, 0) is 16.0 Å². The van der Waals surface area contributed by atoms with Crippen LogP contribution in [0, 0.1) is 5.92 Å². The van der Waals surface area contributed by atoms with Crippen molar-refractivity contribution in [1.29, 1.82) is 0 Å². The number of halogens is 1. The topological polar surface area (TPSA) is 85.0 Å². The summed E-state index contributed by atoms with van der Waals surface area (Å²) in [4.78, 5) is 25.1. The fraction of sp³-hybridized carbons (Fsp3) is 0.423. The molecule has 2 aromatic rings. The van der Waals surface area contributed by atoms with E-state index in [0.717, 1.165) is 54.1 Å². The second kappa shape index (κ2) is 12.4. The van der Waals surface area contributed by atoms with Gasteiger partial charge in [0, 0.05) is 41.8 Å². The van der Waals surface area contributed by atoms with Crippen LogP contribution in [0.3, 0.4) is 0 Å². The number of ether oxygens (including phenoxy) is 1. The summed E-state index contributed by atoms with van der Waals surface area (Å²) in [5, 5.41) is 6.63. The molecular formula is C26H32ClN3O3S. The Morgan fingerprint density at radius 3 is 2.56 bits per heavy atom. The Morgan fingerprint density at radius 1 is 1.15 bits per heavy atom. The molecule has 0 radical (unpaired) electrons. The highest BCUT2D eigenvalue weighted by Gasteiger charge is 2.29. The summed E-state index contributed by atoms with van der Waals surface area (Å²) in [5.41, 5.74) is 10.9. The first-order valence-corrected chi connectivity index (χ1v) is 12.8. The number of aryl methyl sites for hydroxylation is 1. The maximum atomic E-state index is 13.1. The molecule has 2 unspecified atom stereocenters. The van der Waals surface area contributed by atoms with Crippen LogP contribution in [0.4, 0.5) is 0 Å². The maximum absolute atomic E-state index is 13.1. The molecule has 2 aromatic carbocycles. The largest absolute Gasteiger partial charge is 0.466 e. The average molecular weight is 502 g/mol. The van der Waals surface area contributed by atoms with Gasteiger partial charge in [0.2, 0.25) is 0 Å². The fourth-order valence-electron chi connectivity index (χ4n) is 4.42. The van der Waals surface area contributed by atoms with Gasteiger partial charge in [-0.1, -0.05) is 36.4 Å². The van der Waals surface area contributed by atoms with Gasteiger partial charge in [0.25, 0.3) is 0 Å². The van der Waals surface area contributed by atoms with E-state index in [-0.39, 0.29) is 36.1 Å². The lowest BCUT2D eigenvalue weighted by Gasteiger charge is -2.30. The highest BCUT2D eigenvalue weighted by Crippen LogP contribution is 2.35. The van der Waals surface area contributed by atoms with E-state index in [0.29, 0.717) is 24.2 Å². The SMILES string of the molecule is CCOC(=O)CC1CCc2ccc(C(=O)c3ccc(C=NN4CCSCC4)cc3)cc2C1N.Cl. The van der Waals surface area contributed by atoms with E-state index in [1.165, 1.54) is 0 Å². The number of hydrazone groups is 1. The van der Waals surface area contributed by atoms with Gasteiger partial charge in [-0.2, -0.15) is 16.9 Å². The molecule has 8 heteroatoms. The van der Waals surface area contributed by atoms with Gasteiger partial charge in [-0.25, -0.2) is 0 Å². The Balaban J connectivity index is 0.00000324. The smallest absolute Gasteiger partial charge is 0.306 e. The number of carbonyl (C=O) groups excluding carboxylic acids is 2. The first kappa shape index (κ1) is 26.3. The number of benzene rings is 2. The van der Waals surface area contributed by atoms with E-state index >= 15 is 0 Å². The van der Waals surface area contributed by atoms with Gasteiger partial charge in [-0.3, -0.25) is 14.6 Å². The van der Waals surface area contributed by atoms with E-state index in [9.17, 15) is 9.59 Å². The average Bonchev–Trinajstić information content (AvgIpc) is 2.85. The molecule has 182 valence electrons. The molecule has 1 aliphatic carbocycles. The minimum Gasteiger partial charge on any atom is -0.466 e. The summed E-state index contributed by atoms with van der Waals surface area (Å²) >= 11 is 1.95. The van der Waals surface area contributed by atoms with Crippen molar-refractivity contribution < 1.29 is 14.3 Å². The summed E-state index contributed by atoms with van der Waals surface area (Å²) < 4.78 is 5.10. The summed E-state index contributed by atoms with van der Waals surface area (Å²) in [5.74, 6) is 2.00. The van der Waals surface area contributed by atoms with Crippen molar-refractivity contribution >= 4 is 42.1 Å². The number of carbonyl (C=O) groups is 2. The molecule has 0 amide bonds. The number of nitrogens with two attached hydrogens (primary N) is 1. The first-order chi connectivity index (χ1) is 16.0. The van der Waals surface area contributed by atoms with E-state index in [1.807, 2.05) is 60.4 Å². The predicted octanol–water partition coefficient (Wildman–Crippen LogP) is 4.24. The molecule has 4 rings (SSSR count). The molecule has 0 aromatic heterocycles. The van der Waals surface area contributed by atoms with Crippen molar-refractivity contribution in [3.8, 4) is 0 Å². The number of nitrogens with zero attached hydrogens (tertiary/aromatic N) is 2. The molecule has 2 aliphatic rings. The van der Waals surface area contributed by atoms with Crippen molar-refractivity contribution in [1.82, 2.24) is 5.01 Å². The molecule has 6 nitrogen and oxygen atoms in total. The van der Waals surface area contributed by atoms with E-state index in [1.54, 1.807) is 6.92 Å². The zero-order valence-electron chi connectivity index (χ0n) is 19.4. The third-order valence-electron chi connectivity index (χ3n) is 6.32. The number of hydrogen-bond acceptors (Lipinski definition) is 7. The quantitative estimate of drug-likeness (QED) is 0.347. The van der Waals surface area contributed by atoms with Crippen molar-refractivity contribution in [2.45, 2.75) is 32.2 Å². The Hall–Kier alpha value is -2.35. The maximum Gasteiger partial charge on any atom is 0.306 e. The van der Waals surface area contributed by atoms with Gasteiger partial charge in [0.05, 0.1) is 19.2 Å². The Labute approximate surface area is 211 Å². The second-order valence-corrected chi connectivity index (χ2v) is 9.73. The zero-order chi connectivity index (χ0) is 23.2. The number of ketones is 1. The number of thioether (sulfide) groups is 1. The third kappa shape index (κ3) is 6.40. The van der Waals surface area contributed by atoms with Gasteiger partial charge < -0.3 is 10.5 Å². The Bertz CT molecular complexity index is 1020. The van der Waals surface area contributed by atoms with Crippen LogP contribution in [0.15, 0.2) is 47.6 Å². The van der Waals surface area contributed by atoms with Crippen molar-refractivity contribution in [2.75, 3.05) is 31.2 Å². The van der Waals surface area contributed by atoms with Gasteiger partial charge >= 0.3 is 5.97 Å². The Kier molecular flexibility index (Phi) is 9.56. The third-order valence-corrected chi connectivity index (χ3v) is 7.27. The lowest BCUT2D eigenvalue weighted by Crippen LogP contribution is -2.30. The van der Waals surface area contributed by atoms with Crippen LogP contribution in [-0.4, -0.2) is 54.2 Å². The molecule has 1 fully saturated rings. The van der Waals surface area contributed by atoms with E-state index in [4.69, 9.17) is 10.5 Å². The Morgan fingerprint density at radius 2 is 1.85 bits per heavy atom. The zero-order valence-corrected chi connectivity index (χ0v) is 21.1. The van der Waals surface area contributed by atoms with Gasteiger partial charge in [-0.15, -0.1) is 12.4 Å². The summed E-state index contributed by atoms with van der Waals surface area (Å²) in [6, 6.07) is 13.0. The second-order valence-electron chi connectivity index (χ2n) is 8.51. The van der Waals surface area contributed by atoms with E-state index < -0.39 is 0 Å². The van der Waals surface area contributed by atoms with Crippen LogP contribution in [0.5, 0.6) is 0 Å². The molecule has 0 spiro atoms. The van der Waals surface area contributed by atoms with E-state index in [2.05, 4.69) is 10.1 Å². The number of hydrogen-bond donors (Lipinski definition) is 1. The molecule has 0 saturated carbocycles. The van der Waals surface area contributed by atoms with Crippen LogP contribution < -0.4 is 5.73 Å². The fourth-order valence-corrected chi connectivity index (χ4v) is 5.30. The normalized spacial score (nSPS) is 19.9. The summed E-state index contributed by atoms with van der Waals surface area (Å²) in [6.45, 7) is 4.12. The van der Waals surface area contributed by atoms with Crippen molar-refractivity contribution in [2.24, 2.45) is 16.8 Å². The van der Waals surface area contributed by atoms with Crippen LogP contribution >= 0.6 is 24.2 Å². The summed E-state index contributed by atoms with van der Waals surface area (Å²) in [6.07, 6.45) is 3.86. The number of esters is 1. The molecule has 0 bridgehead atoms. The lowest BCUT2D eigenvalue weighted by atomic mass is 9.77. The molecule has 2 atom stereocenters. The molecule has 1 saturated heterocycles. The van der Waals surface area contributed by atoms with Crippen molar-refractivity contribution in [3.63, 3.8) is 0 Å². The molecule has 2 N–H and O–H groups in total. The monoisotopic (exact) mass is 501 g/mol. The minimum absolute atomic E-state index is 0. The number of rotatable bonds is 7. The van der Waals surface area contributed by atoms with Crippen molar-refractivity contribution in [3.05, 3.63) is 70.3 Å². The molecule has 1 aliphatic heterocycles. The predicted molar refractivity (Wildman–Crippen MR) is 140 cm³/mol. The lowest BCUT2D eigenvalue weighted by molar-refractivity contribution is -0.144. The minimum atomic E-state index is -0.280. The first-order valence-electron chi connectivity index (χ1n) is 11.6. The van der Waals surface area contributed by atoms with Gasteiger partial charge in [-0.05, 0) is 48.4 Å². The standard InChI is InChI=1S/C26H31N3O3S.ClH/c1-2-32-24(30)16-21-9-7-19-8-10-22(15-23(19)25(21)27)26(31)20-5-3-18(4-6-20)17-28-29-11-13-33-14-12-29;/h3-6,8,10,15,17,21,25H,2,7,9,11-14,16,27H2,1H3;1H. The highest BCUT2D eigenvalue weighted by molar-refractivity contribution is 7.99. The molecule has 34 heavy (non-hydrogen) atoms. The highest BCUT2D eigenvalue weighted by atomic mass is 35.5. The van der Waals surface area contributed by atoms with Gasteiger partial charge in [0.1, 0.15) is 0 Å². The van der Waals surface area contributed by atoms with Crippen LogP contribution in [0.1, 0.15) is 58.4 Å². The van der Waals surface area contributed by atoms with Crippen LogP contribution in [0.2, 0.25) is 0 Å². The molecule has 1 heterocycles. The molecular weight excluding hydrogens is 470 g/mol. The summed E-state index contributed by atoms with van der Waals surface area (Å²) in [7, 11) is 0.